The standard InChI is InChI=1S/C19H15F3N6O3S/c20-12-4-1-10(2-5-12)8-31-14-7-11(3-6-13(14)28-32(29,30)19(21)22)16-15-17(23)26-27-18(15)25-9-24-16/h1-7,9,19,28H,8H2,(H3,23,24,25,26,27). The van der Waals surface area contributed by atoms with Crippen LogP contribution >= 0.6 is 0 Å². The predicted octanol–water partition coefficient (Wildman–Crippen LogP) is 3.28. The Balaban J connectivity index is 1.75. The number of H-pyrrole nitrogens is 1. The molecule has 4 N–H and O–H groups in total. The molecule has 32 heavy (non-hydrogen) atoms. The highest BCUT2D eigenvalue weighted by molar-refractivity contribution is 7.93. The Morgan fingerprint density at radius 2 is 1.88 bits per heavy atom. The summed E-state index contributed by atoms with van der Waals surface area (Å²) in [5.74, 6) is -3.98. The Labute approximate surface area is 179 Å². The third-order valence-electron chi connectivity index (χ3n) is 4.44. The highest BCUT2D eigenvalue weighted by atomic mass is 32.2. The van der Waals surface area contributed by atoms with Crippen LogP contribution in [-0.2, 0) is 16.6 Å². The number of benzene rings is 2. The Morgan fingerprint density at radius 3 is 2.59 bits per heavy atom. The third kappa shape index (κ3) is 4.27. The molecule has 2 aromatic heterocycles. The number of sulfonamides is 1. The molecule has 0 spiro atoms. The van der Waals surface area contributed by atoms with Gasteiger partial charge in [-0.15, -0.1) is 0 Å². The SMILES string of the molecule is Nc1n[nH]c2ncnc(-c3ccc(NS(=O)(=O)C(F)F)c(OCc4ccc(F)cc4)c3)c12. The number of aromatic nitrogens is 4. The number of anilines is 2. The molecule has 0 saturated heterocycles. The molecule has 9 nitrogen and oxygen atoms in total. The van der Waals surface area contributed by atoms with Crippen molar-refractivity contribution in [2.45, 2.75) is 12.4 Å². The first-order valence-electron chi connectivity index (χ1n) is 9.00. The lowest BCUT2D eigenvalue weighted by molar-refractivity contribution is 0.236. The molecule has 2 aromatic carbocycles. The molecule has 166 valence electrons. The zero-order valence-electron chi connectivity index (χ0n) is 16.1. The van der Waals surface area contributed by atoms with E-state index >= 15 is 0 Å². The smallest absolute Gasteiger partial charge is 0.355 e. The van der Waals surface area contributed by atoms with Crippen molar-refractivity contribution in [2.24, 2.45) is 0 Å². The minimum absolute atomic E-state index is 0.0510. The predicted molar refractivity (Wildman–Crippen MR) is 111 cm³/mol. The van der Waals surface area contributed by atoms with Gasteiger partial charge in [0.25, 0.3) is 10.0 Å². The molecule has 0 atom stereocenters. The van der Waals surface area contributed by atoms with E-state index in [1.54, 1.807) is 0 Å². The van der Waals surface area contributed by atoms with E-state index in [1.807, 2.05) is 4.72 Å². The van der Waals surface area contributed by atoms with Crippen molar-refractivity contribution >= 4 is 32.6 Å². The van der Waals surface area contributed by atoms with Gasteiger partial charge < -0.3 is 10.5 Å². The van der Waals surface area contributed by atoms with Crippen LogP contribution in [0, 0.1) is 5.82 Å². The van der Waals surface area contributed by atoms with E-state index in [2.05, 4.69) is 20.2 Å². The highest BCUT2D eigenvalue weighted by Gasteiger charge is 2.25. The quantitative estimate of drug-likeness (QED) is 0.382. The molecule has 4 aromatic rings. The average Bonchev–Trinajstić information content (AvgIpc) is 3.15. The lowest BCUT2D eigenvalue weighted by atomic mass is 10.1. The number of hydrogen-bond acceptors (Lipinski definition) is 7. The van der Waals surface area contributed by atoms with Gasteiger partial charge in [0.2, 0.25) is 0 Å². The maximum absolute atomic E-state index is 13.1. The largest absolute Gasteiger partial charge is 0.487 e. The van der Waals surface area contributed by atoms with E-state index in [0.29, 0.717) is 27.9 Å². The average molecular weight is 464 g/mol. The van der Waals surface area contributed by atoms with Gasteiger partial charge in [0, 0.05) is 5.56 Å². The summed E-state index contributed by atoms with van der Waals surface area (Å²) in [7, 11) is -4.95. The number of halogens is 3. The van der Waals surface area contributed by atoms with Gasteiger partial charge in [-0.1, -0.05) is 18.2 Å². The molecular weight excluding hydrogens is 449 g/mol. The molecule has 2 heterocycles. The lowest BCUT2D eigenvalue weighted by Crippen LogP contribution is -2.21. The van der Waals surface area contributed by atoms with E-state index in [4.69, 9.17) is 10.5 Å². The number of nitrogens with zero attached hydrogens (tertiary/aromatic N) is 3. The van der Waals surface area contributed by atoms with Crippen LogP contribution in [0.4, 0.5) is 24.7 Å². The van der Waals surface area contributed by atoms with Gasteiger partial charge in [-0.3, -0.25) is 9.82 Å². The number of hydrogen-bond donors (Lipinski definition) is 3. The van der Waals surface area contributed by atoms with Gasteiger partial charge in [-0.2, -0.15) is 13.9 Å². The van der Waals surface area contributed by atoms with E-state index in [1.165, 1.54) is 48.8 Å². The number of nitrogens with one attached hydrogen (secondary N) is 2. The molecule has 0 bridgehead atoms. The fraction of sp³-hybridized carbons (Fsp3) is 0.105. The van der Waals surface area contributed by atoms with Crippen LogP contribution in [0.1, 0.15) is 5.56 Å². The van der Waals surface area contributed by atoms with Crippen LogP contribution in [0.15, 0.2) is 48.8 Å². The fourth-order valence-electron chi connectivity index (χ4n) is 2.91. The number of alkyl halides is 2. The second-order valence-electron chi connectivity index (χ2n) is 6.59. The van der Waals surface area contributed by atoms with Crippen LogP contribution in [0.3, 0.4) is 0 Å². The summed E-state index contributed by atoms with van der Waals surface area (Å²) < 4.78 is 69.8. The first-order chi connectivity index (χ1) is 15.2. The minimum Gasteiger partial charge on any atom is -0.487 e. The topological polar surface area (TPSA) is 136 Å². The normalized spacial score (nSPS) is 11.8. The second kappa shape index (κ2) is 8.34. The maximum Gasteiger partial charge on any atom is 0.355 e. The molecule has 0 aliphatic carbocycles. The summed E-state index contributed by atoms with van der Waals surface area (Å²) in [6, 6.07) is 9.55. The molecule has 0 radical (unpaired) electrons. The van der Waals surface area contributed by atoms with Crippen molar-refractivity contribution < 1.29 is 26.3 Å². The van der Waals surface area contributed by atoms with Crippen molar-refractivity contribution in [3.63, 3.8) is 0 Å². The zero-order chi connectivity index (χ0) is 22.9. The molecule has 0 saturated carbocycles. The molecule has 0 amide bonds. The summed E-state index contributed by atoms with van der Waals surface area (Å²) in [6.07, 6.45) is 1.28. The van der Waals surface area contributed by atoms with Gasteiger partial charge in [0.15, 0.2) is 11.5 Å². The molecule has 0 aliphatic rings. The highest BCUT2D eigenvalue weighted by Crippen LogP contribution is 2.35. The fourth-order valence-corrected chi connectivity index (χ4v) is 3.48. The van der Waals surface area contributed by atoms with Crippen molar-refractivity contribution in [1.29, 1.82) is 0 Å². The molecular formula is C19H15F3N6O3S. The molecule has 4 rings (SSSR count). The Hall–Kier alpha value is -3.87. The first kappa shape index (κ1) is 21.4. The van der Waals surface area contributed by atoms with Crippen LogP contribution < -0.4 is 15.2 Å². The van der Waals surface area contributed by atoms with Crippen LogP contribution in [0.5, 0.6) is 5.75 Å². The van der Waals surface area contributed by atoms with Gasteiger partial charge in [0.05, 0.1) is 16.8 Å². The van der Waals surface area contributed by atoms with Crippen LogP contribution in [-0.4, -0.2) is 34.3 Å². The number of nitrogen functional groups attached to an aromatic ring is 1. The zero-order valence-corrected chi connectivity index (χ0v) is 16.9. The molecule has 0 fully saturated rings. The molecule has 0 unspecified atom stereocenters. The summed E-state index contributed by atoms with van der Waals surface area (Å²) in [5, 5.41) is 6.97. The first-order valence-corrected chi connectivity index (χ1v) is 10.6. The molecule has 0 aliphatic heterocycles. The summed E-state index contributed by atoms with van der Waals surface area (Å²) >= 11 is 0. The van der Waals surface area contributed by atoms with Gasteiger partial charge >= 0.3 is 5.76 Å². The van der Waals surface area contributed by atoms with Crippen LogP contribution in [0.25, 0.3) is 22.3 Å². The number of ether oxygens (including phenoxy) is 1. The maximum atomic E-state index is 13.1. The number of nitrogens with two attached hydrogens (primary N) is 1. The Bertz CT molecular complexity index is 1380. The van der Waals surface area contributed by atoms with Gasteiger partial charge in [0.1, 0.15) is 24.5 Å². The molecule has 13 heteroatoms. The van der Waals surface area contributed by atoms with E-state index in [9.17, 15) is 21.6 Å². The van der Waals surface area contributed by atoms with Crippen molar-refractivity contribution in [2.75, 3.05) is 10.5 Å². The van der Waals surface area contributed by atoms with Crippen molar-refractivity contribution in [1.82, 2.24) is 20.2 Å². The summed E-state index contributed by atoms with van der Waals surface area (Å²) in [6.45, 7) is -0.0832. The van der Waals surface area contributed by atoms with E-state index in [0.717, 1.165) is 0 Å². The minimum atomic E-state index is -4.95. The lowest BCUT2D eigenvalue weighted by Gasteiger charge is -2.15. The number of fused-ring (bicyclic) bond motifs is 1. The number of rotatable bonds is 7. The second-order valence-corrected chi connectivity index (χ2v) is 8.24. The van der Waals surface area contributed by atoms with Gasteiger partial charge in [-0.25, -0.2) is 22.8 Å². The third-order valence-corrected chi connectivity index (χ3v) is 5.41. The Morgan fingerprint density at radius 1 is 1.12 bits per heavy atom. The van der Waals surface area contributed by atoms with E-state index < -0.39 is 21.6 Å². The Kier molecular flexibility index (Phi) is 5.57. The van der Waals surface area contributed by atoms with Crippen LogP contribution in [0.2, 0.25) is 0 Å². The van der Waals surface area contributed by atoms with Crippen molar-refractivity contribution in [3.05, 3.63) is 60.2 Å². The van der Waals surface area contributed by atoms with Gasteiger partial charge in [-0.05, 0) is 29.8 Å². The van der Waals surface area contributed by atoms with Crippen molar-refractivity contribution in [3.8, 4) is 17.0 Å². The monoisotopic (exact) mass is 464 g/mol. The number of aromatic amines is 1. The van der Waals surface area contributed by atoms with E-state index in [-0.39, 0.29) is 23.9 Å². The summed E-state index contributed by atoms with van der Waals surface area (Å²) in [4.78, 5) is 8.24. The summed E-state index contributed by atoms with van der Waals surface area (Å²) in [5.41, 5.74) is 7.45.